The zero-order chi connectivity index (χ0) is 14.7. The Balaban J connectivity index is 2.33. The molecule has 1 aromatic rings. The number of rotatable bonds is 4. The zero-order valence-electron chi connectivity index (χ0n) is 12.4. The van der Waals surface area contributed by atoms with E-state index in [1.165, 1.54) is 19.3 Å². The SMILES string of the molecule is Cc1ccc(C(N)=O)c(N(C)C2CCCCC2CN)c1. The summed E-state index contributed by atoms with van der Waals surface area (Å²) in [4.78, 5) is 13.9. The largest absolute Gasteiger partial charge is 0.371 e. The lowest BCUT2D eigenvalue weighted by atomic mass is 9.83. The van der Waals surface area contributed by atoms with Crippen molar-refractivity contribution in [3.63, 3.8) is 0 Å². The number of hydrogen-bond acceptors (Lipinski definition) is 3. The normalized spacial score (nSPS) is 22.6. The van der Waals surface area contributed by atoms with Crippen LogP contribution in [0.2, 0.25) is 0 Å². The summed E-state index contributed by atoms with van der Waals surface area (Å²) < 4.78 is 0. The van der Waals surface area contributed by atoms with Gasteiger partial charge in [-0.15, -0.1) is 0 Å². The third kappa shape index (κ3) is 2.96. The third-order valence-electron chi connectivity index (χ3n) is 4.47. The van der Waals surface area contributed by atoms with E-state index in [-0.39, 0.29) is 5.91 Å². The van der Waals surface area contributed by atoms with Gasteiger partial charge in [0.25, 0.3) is 5.91 Å². The molecule has 110 valence electrons. The van der Waals surface area contributed by atoms with Gasteiger partial charge in [-0.25, -0.2) is 0 Å². The Morgan fingerprint density at radius 1 is 1.35 bits per heavy atom. The van der Waals surface area contributed by atoms with Gasteiger partial charge in [0.15, 0.2) is 0 Å². The third-order valence-corrected chi connectivity index (χ3v) is 4.47. The maximum absolute atomic E-state index is 11.6. The number of anilines is 1. The van der Waals surface area contributed by atoms with Crippen LogP contribution >= 0.6 is 0 Å². The molecular weight excluding hydrogens is 250 g/mol. The molecule has 1 fully saturated rings. The first kappa shape index (κ1) is 14.9. The monoisotopic (exact) mass is 275 g/mol. The average molecular weight is 275 g/mol. The summed E-state index contributed by atoms with van der Waals surface area (Å²) in [5.74, 6) is 0.127. The van der Waals surface area contributed by atoms with E-state index in [2.05, 4.69) is 11.9 Å². The second-order valence-corrected chi connectivity index (χ2v) is 5.84. The van der Waals surface area contributed by atoms with Crippen LogP contribution in [-0.4, -0.2) is 25.5 Å². The van der Waals surface area contributed by atoms with Crippen molar-refractivity contribution in [2.45, 2.75) is 38.6 Å². The number of carbonyl (C=O) groups is 1. The molecule has 1 aliphatic rings. The first-order valence-electron chi connectivity index (χ1n) is 7.38. The predicted molar refractivity (Wildman–Crippen MR) is 82.9 cm³/mol. The van der Waals surface area contributed by atoms with Crippen molar-refractivity contribution >= 4 is 11.6 Å². The minimum absolute atomic E-state index is 0.369. The predicted octanol–water partition coefficient (Wildman–Crippen LogP) is 2.05. The molecule has 1 aliphatic carbocycles. The van der Waals surface area contributed by atoms with E-state index in [1.54, 1.807) is 0 Å². The van der Waals surface area contributed by atoms with Crippen molar-refractivity contribution in [1.29, 1.82) is 0 Å². The second-order valence-electron chi connectivity index (χ2n) is 5.84. The molecule has 2 unspecified atom stereocenters. The number of benzene rings is 1. The van der Waals surface area contributed by atoms with E-state index in [4.69, 9.17) is 11.5 Å². The van der Waals surface area contributed by atoms with Gasteiger partial charge in [0.1, 0.15) is 0 Å². The fourth-order valence-corrected chi connectivity index (χ4v) is 3.29. The van der Waals surface area contributed by atoms with Crippen LogP contribution < -0.4 is 16.4 Å². The fourth-order valence-electron chi connectivity index (χ4n) is 3.29. The summed E-state index contributed by atoms with van der Waals surface area (Å²) in [6.45, 7) is 2.73. The molecule has 0 bridgehead atoms. The van der Waals surface area contributed by atoms with Crippen molar-refractivity contribution in [3.05, 3.63) is 29.3 Å². The van der Waals surface area contributed by atoms with Crippen molar-refractivity contribution in [3.8, 4) is 0 Å². The Hall–Kier alpha value is -1.55. The van der Waals surface area contributed by atoms with E-state index < -0.39 is 0 Å². The lowest BCUT2D eigenvalue weighted by molar-refractivity contribution is 0.100. The van der Waals surface area contributed by atoms with E-state index in [9.17, 15) is 4.79 Å². The maximum atomic E-state index is 11.6. The smallest absolute Gasteiger partial charge is 0.250 e. The Kier molecular flexibility index (Phi) is 4.65. The van der Waals surface area contributed by atoms with Gasteiger partial charge in [-0.3, -0.25) is 4.79 Å². The Labute approximate surface area is 121 Å². The molecule has 0 radical (unpaired) electrons. The Morgan fingerprint density at radius 3 is 2.70 bits per heavy atom. The number of aryl methyl sites for hydroxylation is 1. The van der Waals surface area contributed by atoms with Crippen molar-refractivity contribution in [2.75, 3.05) is 18.5 Å². The van der Waals surface area contributed by atoms with Crippen LogP contribution in [-0.2, 0) is 0 Å². The highest BCUT2D eigenvalue weighted by molar-refractivity contribution is 5.98. The molecule has 4 nitrogen and oxygen atoms in total. The zero-order valence-corrected chi connectivity index (χ0v) is 12.4. The quantitative estimate of drug-likeness (QED) is 0.883. The molecule has 0 aliphatic heterocycles. The van der Waals surface area contributed by atoms with E-state index in [0.717, 1.165) is 17.7 Å². The van der Waals surface area contributed by atoms with Gasteiger partial charge in [0.2, 0.25) is 0 Å². The molecule has 0 aromatic heterocycles. The lowest BCUT2D eigenvalue weighted by Crippen LogP contribution is -2.43. The van der Waals surface area contributed by atoms with Crippen LogP contribution in [0.4, 0.5) is 5.69 Å². The molecule has 0 saturated heterocycles. The van der Waals surface area contributed by atoms with Crippen LogP contribution in [0.1, 0.15) is 41.6 Å². The average Bonchev–Trinajstić information content (AvgIpc) is 2.46. The minimum atomic E-state index is -0.369. The number of primary amides is 1. The highest BCUT2D eigenvalue weighted by Gasteiger charge is 2.29. The molecule has 1 saturated carbocycles. The van der Waals surface area contributed by atoms with Crippen LogP contribution in [0.25, 0.3) is 0 Å². The van der Waals surface area contributed by atoms with Gasteiger partial charge in [-0.05, 0) is 49.9 Å². The summed E-state index contributed by atoms with van der Waals surface area (Å²) in [5, 5.41) is 0. The molecule has 0 spiro atoms. The topological polar surface area (TPSA) is 72.4 Å². The molecule has 0 heterocycles. The van der Waals surface area contributed by atoms with Gasteiger partial charge < -0.3 is 16.4 Å². The van der Waals surface area contributed by atoms with Gasteiger partial charge in [0.05, 0.1) is 5.56 Å². The van der Waals surface area contributed by atoms with E-state index >= 15 is 0 Å². The number of carbonyl (C=O) groups excluding carboxylic acids is 1. The number of nitrogens with zero attached hydrogens (tertiary/aromatic N) is 1. The summed E-state index contributed by atoms with van der Waals surface area (Å²) >= 11 is 0. The summed E-state index contributed by atoms with van der Waals surface area (Å²) in [6.07, 6.45) is 4.78. The van der Waals surface area contributed by atoms with E-state index in [0.29, 0.717) is 24.1 Å². The molecule has 20 heavy (non-hydrogen) atoms. The summed E-state index contributed by atoms with van der Waals surface area (Å²) in [7, 11) is 2.06. The minimum Gasteiger partial charge on any atom is -0.371 e. The van der Waals surface area contributed by atoms with Crippen LogP contribution in [0.3, 0.4) is 0 Å². The first-order chi connectivity index (χ1) is 9.54. The van der Waals surface area contributed by atoms with Gasteiger partial charge in [0, 0.05) is 18.8 Å². The van der Waals surface area contributed by atoms with E-state index in [1.807, 2.05) is 25.1 Å². The lowest BCUT2D eigenvalue weighted by Gasteiger charge is -2.39. The molecule has 4 N–H and O–H groups in total. The number of hydrogen-bond donors (Lipinski definition) is 2. The molecule has 2 rings (SSSR count). The maximum Gasteiger partial charge on any atom is 0.250 e. The van der Waals surface area contributed by atoms with Crippen molar-refractivity contribution < 1.29 is 4.79 Å². The fraction of sp³-hybridized carbons (Fsp3) is 0.562. The molecular formula is C16H25N3O. The van der Waals surface area contributed by atoms with Crippen LogP contribution in [0.5, 0.6) is 0 Å². The molecule has 4 heteroatoms. The summed E-state index contributed by atoms with van der Waals surface area (Å²) in [5.41, 5.74) is 14.1. The number of nitrogens with two attached hydrogens (primary N) is 2. The summed E-state index contributed by atoms with van der Waals surface area (Å²) in [6, 6.07) is 6.19. The van der Waals surface area contributed by atoms with Gasteiger partial charge >= 0.3 is 0 Å². The van der Waals surface area contributed by atoms with Gasteiger partial charge in [-0.2, -0.15) is 0 Å². The van der Waals surface area contributed by atoms with Gasteiger partial charge in [-0.1, -0.05) is 18.9 Å². The first-order valence-corrected chi connectivity index (χ1v) is 7.38. The van der Waals surface area contributed by atoms with Crippen molar-refractivity contribution in [2.24, 2.45) is 17.4 Å². The standard InChI is InChI=1S/C16H25N3O/c1-11-7-8-13(16(18)20)15(9-11)19(2)14-6-4-3-5-12(14)10-17/h7-9,12,14H,3-6,10,17H2,1-2H3,(H2,18,20). The Morgan fingerprint density at radius 2 is 2.05 bits per heavy atom. The van der Waals surface area contributed by atoms with Crippen LogP contribution in [0.15, 0.2) is 18.2 Å². The van der Waals surface area contributed by atoms with Crippen LogP contribution in [0, 0.1) is 12.8 Å². The molecule has 2 atom stereocenters. The Bertz CT molecular complexity index is 487. The second kappa shape index (κ2) is 6.27. The number of amides is 1. The van der Waals surface area contributed by atoms with Crippen molar-refractivity contribution in [1.82, 2.24) is 0 Å². The highest BCUT2D eigenvalue weighted by Crippen LogP contribution is 2.32. The molecule has 1 amide bonds. The molecule has 1 aromatic carbocycles. The highest BCUT2D eigenvalue weighted by atomic mass is 16.1.